The minimum Gasteiger partial charge on any atom is -0.456 e. The van der Waals surface area contributed by atoms with Crippen molar-refractivity contribution >= 4 is 17.9 Å². The summed E-state index contributed by atoms with van der Waals surface area (Å²) in [6.07, 6.45) is -3.43. The lowest BCUT2D eigenvalue weighted by molar-refractivity contribution is -0.304. The zero-order valence-electron chi connectivity index (χ0n) is 11.4. The summed E-state index contributed by atoms with van der Waals surface area (Å²) in [4.78, 5) is 43.7. The fourth-order valence-electron chi connectivity index (χ4n) is 2.43. The van der Waals surface area contributed by atoms with Crippen LogP contribution in [0.2, 0.25) is 0 Å². The lowest BCUT2D eigenvalue weighted by Gasteiger charge is -2.36. The second-order valence-electron chi connectivity index (χ2n) is 4.73. The Bertz CT molecular complexity index is 390. The quantitative estimate of drug-likeness (QED) is 0.403. The molecule has 2 aliphatic rings. The summed E-state index contributed by atoms with van der Waals surface area (Å²) < 4.78 is 15.4. The van der Waals surface area contributed by atoms with Gasteiger partial charge in [-0.15, -0.1) is 0 Å². The molecule has 8 heteroatoms. The van der Waals surface area contributed by atoms with E-state index in [1.165, 1.54) is 20.8 Å². The molecule has 112 valence electrons. The lowest BCUT2D eigenvalue weighted by atomic mass is 9.87. The van der Waals surface area contributed by atoms with Crippen molar-refractivity contribution in [3.63, 3.8) is 0 Å². The fourth-order valence-corrected chi connectivity index (χ4v) is 2.43. The first-order chi connectivity index (χ1) is 9.38. The van der Waals surface area contributed by atoms with Crippen LogP contribution in [0.15, 0.2) is 0 Å². The van der Waals surface area contributed by atoms with E-state index in [2.05, 4.69) is 0 Å². The van der Waals surface area contributed by atoms with Crippen LogP contribution in [0.5, 0.6) is 0 Å². The van der Waals surface area contributed by atoms with Gasteiger partial charge in [-0.3, -0.25) is 14.4 Å². The highest BCUT2D eigenvalue weighted by Crippen LogP contribution is 2.36. The Hall–Kier alpha value is -1.67. The molecule has 1 heterocycles. The van der Waals surface area contributed by atoms with Crippen molar-refractivity contribution in [2.75, 3.05) is 0 Å². The van der Waals surface area contributed by atoms with Gasteiger partial charge >= 0.3 is 17.9 Å². The van der Waals surface area contributed by atoms with E-state index in [9.17, 15) is 14.4 Å². The third-order valence-electron chi connectivity index (χ3n) is 3.05. The molecule has 2 bridgehead atoms. The van der Waals surface area contributed by atoms with Gasteiger partial charge in [-0.05, 0) is 0 Å². The Balaban J connectivity index is 2.24. The average molecular weight is 288 g/mol. The first-order valence-electron chi connectivity index (χ1n) is 6.22. The third kappa shape index (κ3) is 3.07. The maximum Gasteiger partial charge on any atom is 0.303 e. The van der Waals surface area contributed by atoms with Crippen LogP contribution in [0.1, 0.15) is 27.2 Å². The second-order valence-corrected chi connectivity index (χ2v) is 4.73. The molecule has 2 rings (SSSR count). The SMILES string of the molecule is CC(=O)OC1C2CC(OO2)C(OC(C)=O)C1OC(C)=O. The maximum absolute atomic E-state index is 11.2. The van der Waals surface area contributed by atoms with Gasteiger partial charge < -0.3 is 14.2 Å². The molecule has 0 spiro atoms. The van der Waals surface area contributed by atoms with Crippen molar-refractivity contribution in [3.8, 4) is 0 Å². The van der Waals surface area contributed by atoms with Gasteiger partial charge in [-0.25, -0.2) is 9.78 Å². The number of fused-ring (bicyclic) bond motifs is 2. The average Bonchev–Trinajstić information content (AvgIpc) is 2.74. The number of carbonyl (C=O) groups excluding carboxylic acids is 3. The molecule has 0 N–H and O–H groups in total. The molecular weight excluding hydrogens is 272 g/mol. The van der Waals surface area contributed by atoms with Gasteiger partial charge in [0.05, 0.1) is 0 Å². The van der Waals surface area contributed by atoms with Gasteiger partial charge in [-0.1, -0.05) is 0 Å². The summed E-state index contributed by atoms with van der Waals surface area (Å²) in [6, 6.07) is 0. The van der Waals surface area contributed by atoms with Crippen LogP contribution in [0.3, 0.4) is 0 Å². The monoisotopic (exact) mass is 288 g/mol. The summed E-state index contributed by atoms with van der Waals surface area (Å²) in [7, 11) is 0. The standard InChI is InChI=1S/C12H16O8/c1-5(13)16-10-8-4-9(20-19-8)11(17-6(2)14)12(10)18-7(3)15/h8-12H,4H2,1-3H3. The van der Waals surface area contributed by atoms with Crippen molar-refractivity contribution in [1.82, 2.24) is 0 Å². The molecule has 0 radical (unpaired) electrons. The summed E-state index contributed by atoms with van der Waals surface area (Å²) >= 11 is 0. The Morgan fingerprint density at radius 2 is 1.10 bits per heavy atom. The van der Waals surface area contributed by atoms with Crippen molar-refractivity contribution < 1.29 is 38.4 Å². The van der Waals surface area contributed by atoms with E-state index in [4.69, 9.17) is 24.0 Å². The number of rotatable bonds is 3. The third-order valence-corrected chi connectivity index (χ3v) is 3.05. The maximum atomic E-state index is 11.2. The first-order valence-corrected chi connectivity index (χ1v) is 6.22. The highest BCUT2D eigenvalue weighted by molar-refractivity contribution is 5.68. The van der Waals surface area contributed by atoms with Gasteiger partial charge in [0.15, 0.2) is 18.3 Å². The van der Waals surface area contributed by atoms with Gasteiger partial charge in [-0.2, -0.15) is 0 Å². The van der Waals surface area contributed by atoms with Crippen LogP contribution in [-0.2, 0) is 38.4 Å². The molecule has 0 aromatic rings. The number of esters is 3. The Morgan fingerprint density at radius 1 is 0.750 bits per heavy atom. The molecule has 1 aliphatic heterocycles. The van der Waals surface area contributed by atoms with Crippen LogP contribution >= 0.6 is 0 Å². The van der Waals surface area contributed by atoms with Crippen LogP contribution in [0.4, 0.5) is 0 Å². The summed E-state index contributed by atoms with van der Waals surface area (Å²) in [5.74, 6) is -1.68. The van der Waals surface area contributed by atoms with E-state index < -0.39 is 48.4 Å². The number of hydrogen-bond acceptors (Lipinski definition) is 8. The Labute approximate surface area is 115 Å². The molecule has 1 aliphatic carbocycles. The van der Waals surface area contributed by atoms with Crippen molar-refractivity contribution in [3.05, 3.63) is 0 Å². The number of carbonyl (C=O) groups is 3. The van der Waals surface area contributed by atoms with Gasteiger partial charge in [0.2, 0.25) is 0 Å². The topological polar surface area (TPSA) is 97.4 Å². The lowest BCUT2D eigenvalue weighted by Crippen LogP contribution is -2.56. The number of ether oxygens (including phenoxy) is 3. The zero-order valence-corrected chi connectivity index (χ0v) is 11.4. The molecule has 1 saturated carbocycles. The fraction of sp³-hybridized carbons (Fsp3) is 0.750. The van der Waals surface area contributed by atoms with E-state index in [1.807, 2.05) is 0 Å². The highest BCUT2D eigenvalue weighted by Gasteiger charge is 2.56. The summed E-state index contributed by atoms with van der Waals surface area (Å²) in [5.41, 5.74) is 0. The van der Waals surface area contributed by atoms with Crippen LogP contribution < -0.4 is 0 Å². The minimum atomic E-state index is -0.952. The smallest absolute Gasteiger partial charge is 0.303 e. The van der Waals surface area contributed by atoms with E-state index in [0.717, 1.165) is 0 Å². The van der Waals surface area contributed by atoms with E-state index in [-0.39, 0.29) is 0 Å². The molecule has 8 nitrogen and oxygen atoms in total. The van der Waals surface area contributed by atoms with Gasteiger partial charge in [0.1, 0.15) is 12.2 Å². The molecule has 0 aromatic heterocycles. The molecule has 4 atom stereocenters. The molecule has 2 fully saturated rings. The largest absolute Gasteiger partial charge is 0.456 e. The molecule has 1 saturated heterocycles. The Morgan fingerprint density at radius 3 is 1.45 bits per heavy atom. The van der Waals surface area contributed by atoms with Crippen LogP contribution in [0, 0.1) is 0 Å². The van der Waals surface area contributed by atoms with Crippen molar-refractivity contribution in [2.45, 2.75) is 57.7 Å². The summed E-state index contributed by atoms with van der Waals surface area (Å²) in [5, 5.41) is 0. The van der Waals surface area contributed by atoms with Crippen molar-refractivity contribution in [1.29, 1.82) is 0 Å². The normalized spacial score (nSPS) is 35.2. The molecule has 20 heavy (non-hydrogen) atoms. The highest BCUT2D eigenvalue weighted by atomic mass is 17.2. The van der Waals surface area contributed by atoms with Gasteiger partial charge in [0.25, 0.3) is 0 Å². The van der Waals surface area contributed by atoms with Crippen molar-refractivity contribution in [2.24, 2.45) is 0 Å². The molecular formula is C12H16O8. The zero-order chi connectivity index (χ0) is 14.9. The van der Waals surface area contributed by atoms with Gasteiger partial charge in [0, 0.05) is 27.2 Å². The first kappa shape index (κ1) is 14.7. The molecule has 4 unspecified atom stereocenters. The summed E-state index contributed by atoms with van der Waals surface area (Å²) in [6.45, 7) is 3.68. The molecule has 0 amide bonds. The van der Waals surface area contributed by atoms with Crippen LogP contribution in [-0.4, -0.2) is 48.4 Å². The van der Waals surface area contributed by atoms with E-state index >= 15 is 0 Å². The molecule has 0 aromatic carbocycles. The minimum absolute atomic E-state index is 0.383. The number of hydrogen-bond donors (Lipinski definition) is 0. The predicted octanol–water partition coefficient (Wildman–Crippen LogP) is -0.116. The predicted molar refractivity (Wildman–Crippen MR) is 61.0 cm³/mol. The van der Waals surface area contributed by atoms with Crippen LogP contribution in [0.25, 0.3) is 0 Å². The second kappa shape index (κ2) is 5.76. The van der Waals surface area contributed by atoms with E-state index in [0.29, 0.717) is 6.42 Å². The van der Waals surface area contributed by atoms with E-state index in [1.54, 1.807) is 0 Å². The Kier molecular flexibility index (Phi) is 4.24.